The standard InChI is InChI=1S/C17H18N4O2S/c1-13-9-14(10-18)4-5-17(13)24(22,23)21-8-7-20-12-16(21)15-3-2-6-19-11-15/h2-6,9,11,16,20H,7-8,12H2,1H3. The van der Waals surface area contributed by atoms with Crippen LogP contribution in [0.2, 0.25) is 0 Å². The predicted molar refractivity (Wildman–Crippen MR) is 89.6 cm³/mol. The minimum atomic E-state index is -3.66. The molecule has 1 aliphatic rings. The highest BCUT2D eigenvalue weighted by atomic mass is 32.2. The van der Waals surface area contributed by atoms with E-state index in [0.717, 1.165) is 5.56 Å². The van der Waals surface area contributed by atoms with Crippen molar-refractivity contribution >= 4 is 10.0 Å². The van der Waals surface area contributed by atoms with Crippen molar-refractivity contribution in [3.05, 3.63) is 59.4 Å². The Balaban J connectivity index is 2.02. The molecule has 0 radical (unpaired) electrons. The maximum Gasteiger partial charge on any atom is 0.243 e. The second-order valence-electron chi connectivity index (χ2n) is 5.71. The van der Waals surface area contributed by atoms with Gasteiger partial charge in [-0.25, -0.2) is 8.42 Å². The largest absolute Gasteiger partial charge is 0.313 e. The number of sulfonamides is 1. The van der Waals surface area contributed by atoms with Gasteiger partial charge >= 0.3 is 0 Å². The third kappa shape index (κ3) is 3.04. The van der Waals surface area contributed by atoms with Gasteiger partial charge in [-0.1, -0.05) is 6.07 Å². The predicted octanol–water partition coefficient (Wildman–Crippen LogP) is 1.60. The zero-order valence-electron chi connectivity index (χ0n) is 13.3. The lowest BCUT2D eigenvalue weighted by Gasteiger charge is -2.35. The van der Waals surface area contributed by atoms with Gasteiger partial charge in [-0.3, -0.25) is 4.98 Å². The SMILES string of the molecule is Cc1cc(C#N)ccc1S(=O)(=O)N1CCNCC1c1cccnc1. The molecule has 0 amide bonds. The van der Waals surface area contributed by atoms with Crippen LogP contribution in [0.1, 0.15) is 22.7 Å². The molecule has 7 heteroatoms. The first-order valence-electron chi connectivity index (χ1n) is 7.67. The summed E-state index contributed by atoms with van der Waals surface area (Å²) in [5.74, 6) is 0. The molecule has 124 valence electrons. The number of hydrogen-bond donors (Lipinski definition) is 1. The van der Waals surface area contributed by atoms with Gasteiger partial charge in [0.1, 0.15) is 0 Å². The lowest BCUT2D eigenvalue weighted by atomic mass is 10.1. The van der Waals surface area contributed by atoms with Gasteiger partial charge in [-0.15, -0.1) is 0 Å². The van der Waals surface area contributed by atoms with Crippen LogP contribution in [0.15, 0.2) is 47.6 Å². The van der Waals surface area contributed by atoms with Gasteiger partial charge in [-0.2, -0.15) is 9.57 Å². The molecule has 1 fully saturated rings. The third-order valence-corrected chi connectivity index (χ3v) is 6.22. The molecule has 2 heterocycles. The van der Waals surface area contributed by atoms with E-state index < -0.39 is 10.0 Å². The lowest BCUT2D eigenvalue weighted by molar-refractivity contribution is 0.271. The van der Waals surface area contributed by atoms with E-state index in [1.54, 1.807) is 31.5 Å². The molecule has 24 heavy (non-hydrogen) atoms. The average Bonchev–Trinajstić information content (AvgIpc) is 2.62. The Hall–Kier alpha value is -2.27. The van der Waals surface area contributed by atoms with Crippen LogP contribution in [0.5, 0.6) is 0 Å². The number of hydrogen-bond acceptors (Lipinski definition) is 5. The van der Waals surface area contributed by atoms with Gasteiger partial charge < -0.3 is 5.32 Å². The van der Waals surface area contributed by atoms with E-state index in [0.29, 0.717) is 30.8 Å². The zero-order valence-corrected chi connectivity index (χ0v) is 14.1. The second-order valence-corrected chi connectivity index (χ2v) is 7.57. The van der Waals surface area contributed by atoms with Crippen LogP contribution in [0.25, 0.3) is 0 Å². The summed E-state index contributed by atoms with van der Waals surface area (Å²) in [4.78, 5) is 4.35. The van der Waals surface area contributed by atoms with Crippen molar-refractivity contribution in [2.45, 2.75) is 17.9 Å². The number of aryl methyl sites for hydroxylation is 1. The monoisotopic (exact) mass is 342 g/mol. The molecule has 6 nitrogen and oxygen atoms in total. The van der Waals surface area contributed by atoms with Crippen LogP contribution in [-0.4, -0.2) is 37.3 Å². The molecule has 2 aromatic rings. The smallest absolute Gasteiger partial charge is 0.243 e. The normalized spacial score (nSPS) is 18.9. The van der Waals surface area contributed by atoms with Gasteiger partial charge in [0.25, 0.3) is 0 Å². The molecular weight excluding hydrogens is 324 g/mol. The van der Waals surface area contributed by atoms with E-state index in [9.17, 15) is 8.42 Å². The number of rotatable bonds is 3. The molecule has 1 N–H and O–H groups in total. The summed E-state index contributed by atoms with van der Waals surface area (Å²) in [7, 11) is -3.66. The van der Waals surface area contributed by atoms with Gasteiger partial charge in [0.2, 0.25) is 10.0 Å². The first-order chi connectivity index (χ1) is 11.5. The fourth-order valence-electron chi connectivity index (χ4n) is 2.97. The lowest BCUT2D eigenvalue weighted by Crippen LogP contribution is -2.48. The summed E-state index contributed by atoms with van der Waals surface area (Å²) in [5, 5.41) is 12.2. The van der Waals surface area contributed by atoms with E-state index in [4.69, 9.17) is 5.26 Å². The van der Waals surface area contributed by atoms with Crippen molar-refractivity contribution in [1.82, 2.24) is 14.6 Å². The zero-order chi connectivity index (χ0) is 17.2. The van der Waals surface area contributed by atoms with Crippen molar-refractivity contribution in [3.8, 4) is 6.07 Å². The highest BCUT2D eigenvalue weighted by molar-refractivity contribution is 7.89. The van der Waals surface area contributed by atoms with Crippen LogP contribution in [0.3, 0.4) is 0 Å². The van der Waals surface area contributed by atoms with Crippen molar-refractivity contribution in [2.75, 3.05) is 19.6 Å². The number of nitrogens with zero attached hydrogens (tertiary/aromatic N) is 3. The van der Waals surface area contributed by atoms with Gasteiger partial charge in [-0.05, 0) is 42.3 Å². The molecule has 1 aliphatic heterocycles. The third-order valence-electron chi connectivity index (χ3n) is 4.15. The quantitative estimate of drug-likeness (QED) is 0.915. The highest BCUT2D eigenvalue weighted by Gasteiger charge is 2.35. The Morgan fingerprint density at radius 2 is 2.21 bits per heavy atom. The average molecular weight is 342 g/mol. The molecule has 0 bridgehead atoms. The van der Waals surface area contributed by atoms with Crippen molar-refractivity contribution in [3.63, 3.8) is 0 Å². The molecule has 0 saturated carbocycles. The molecule has 1 saturated heterocycles. The molecule has 1 aromatic carbocycles. The Labute approximate surface area is 141 Å². The molecule has 0 spiro atoms. The summed E-state index contributed by atoms with van der Waals surface area (Å²) < 4.78 is 27.9. The minimum absolute atomic E-state index is 0.247. The molecular formula is C17H18N4O2S. The number of nitrogens with one attached hydrogen (secondary N) is 1. The minimum Gasteiger partial charge on any atom is -0.313 e. The maximum absolute atomic E-state index is 13.2. The maximum atomic E-state index is 13.2. The van der Waals surface area contributed by atoms with Crippen LogP contribution in [0.4, 0.5) is 0 Å². The van der Waals surface area contributed by atoms with E-state index in [1.807, 2.05) is 18.2 Å². The van der Waals surface area contributed by atoms with E-state index in [1.165, 1.54) is 10.4 Å². The summed E-state index contributed by atoms with van der Waals surface area (Å²) in [5.41, 5.74) is 1.90. The Bertz CT molecular complexity index is 875. The molecule has 1 aromatic heterocycles. The van der Waals surface area contributed by atoms with Crippen molar-refractivity contribution in [1.29, 1.82) is 5.26 Å². The fourth-order valence-corrected chi connectivity index (χ4v) is 4.79. The van der Waals surface area contributed by atoms with Crippen LogP contribution in [0, 0.1) is 18.3 Å². The molecule has 1 atom stereocenters. The summed E-state index contributed by atoms with van der Waals surface area (Å²) in [6, 6.07) is 10.1. The van der Waals surface area contributed by atoms with Crippen LogP contribution in [-0.2, 0) is 10.0 Å². The van der Waals surface area contributed by atoms with E-state index >= 15 is 0 Å². The second kappa shape index (κ2) is 6.69. The van der Waals surface area contributed by atoms with Crippen LogP contribution < -0.4 is 5.32 Å². The van der Waals surface area contributed by atoms with Crippen LogP contribution >= 0.6 is 0 Å². The van der Waals surface area contributed by atoms with E-state index in [2.05, 4.69) is 10.3 Å². The number of benzene rings is 1. The Morgan fingerprint density at radius 1 is 1.38 bits per heavy atom. The number of nitriles is 1. The van der Waals surface area contributed by atoms with Gasteiger partial charge in [0, 0.05) is 32.0 Å². The Morgan fingerprint density at radius 3 is 2.88 bits per heavy atom. The van der Waals surface area contributed by atoms with Crippen molar-refractivity contribution in [2.24, 2.45) is 0 Å². The molecule has 3 rings (SSSR count). The summed E-state index contributed by atoms with van der Waals surface area (Å²) in [6.45, 7) is 3.25. The topological polar surface area (TPSA) is 86.1 Å². The highest BCUT2D eigenvalue weighted by Crippen LogP contribution is 2.30. The van der Waals surface area contributed by atoms with E-state index in [-0.39, 0.29) is 10.9 Å². The number of piperazine rings is 1. The number of aromatic nitrogens is 1. The molecule has 1 unspecified atom stereocenters. The first kappa shape index (κ1) is 16.6. The van der Waals surface area contributed by atoms with Crippen molar-refractivity contribution < 1.29 is 8.42 Å². The Kier molecular flexibility index (Phi) is 4.62. The summed E-state index contributed by atoms with van der Waals surface area (Å²) in [6.07, 6.45) is 3.37. The fraction of sp³-hybridized carbons (Fsp3) is 0.294. The first-order valence-corrected chi connectivity index (χ1v) is 9.11. The summed E-state index contributed by atoms with van der Waals surface area (Å²) >= 11 is 0. The number of pyridine rings is 1. The van der Waals surface area contributed by atoms with Gasteiger partial charge in [0.05, 0.1) is 22.6 Å². The molecule has 0 aliphatic carbocycles. The van der Waals surface area contributed by atoms with Gasteiger partial charge in [0.15, 0.2) is 0 Å².